The van der Waals surface area contributed by atoms with Gasteiger partial charge in [0, 0.05) is 24.7 Å². The molecule has 2 aromatic carbocycles. The molecule has 8 heteroatoms. The molecule has 0 atom stereocenters. The Hall–Kier alpha value is -3.29. The number of hydrogen-bond acceptors (Lipinski definition) is 6. The molecule has 2 rings (SSSR count). The van der Waals surface area contributed by atoms with Crippen LogP contribution in [0.25, 0.3) is 11.1 Å². The highest BCUT2D eigenvalue weighted by molar-refractivity contribution is 6.05. The van der Waals surface area contributed by atoms with Gasteiger partial charge in [-0.15, -0.1) is 0 Å². The fourth-order valence-electron chi connectivity index (χ4n) is 2.64. The van der Waals surface area contributed by atoms with E-state index in [1.165, 1.54) is 31.2 Å². The van der Waals surface area contributed by atoms with Crippen molar-refractivity contribution >= 4 is 22.8 Å². The minimum absolute atomic E-state index is 0.0751. The highest BCUT2D eigenvalue weighted by Crippen LogP contribution is 2.42. The Kier molecular flexibility index (Phi) is 4.59. The highest BCUT2D eigenvalue weighted by Gasteiger charge is 2.28. The number of aryl methyl sites for hydroxylation is 1. The maximum Gasteiger partial charge on any atom is 0.301 e. The van der Waals surface area contributed by atoms with Crippen molar-refractivity contribution in [3.05, 3.63) is 61.7 Å². The average molecular weight is 329 g/mol. The maximum atomic E-state index is 12.0. The molecule has 24 heavy (non-hydrogen) atoms. The summed E-state index contributed by atoms with van der Waals surface area (Å²) in [7, 11) is 1.54. The van der Waals surface area contributed by atoms with Crippen molar-refractivity contribution in [2.24, 2.45) is 0 Å². The van der Waals surface area contributed by atoms with E-state index in [0.29, 0.717) is 5.56 Å². The first-order chi connectivity index (χ1) is 11.3. The first-order valence-electron chi connectivity index (χ1n) is 7.03. The van der Waals surface area contributed by atoms with Gasteiger partial charge in [0.1, 0.15) is 5.69 Å². The van der Waals surface area contributed by atoms with Crippen LogP contribution in [-0.2, 0) is 0 Å². The second-order valence-electron chi connectivity index (χ2n) is 5.21. The third kappa shape index (κ3) is 2.94. The summed E-state index contributed by atoms with van der Waals surface area (Å²) in [4.78, 5) is 33.5. The Morgan fingerprint density at radius 2 is 1.79 bits per heavy atom. The molecule has 0 amide bonds. The number of nitrogens with zero attached hydrogens (tertiary/aromatic N) is 2. The molecule has 0 aromatic heterocycles. The number of nitro groups is 2. The first-order valence-corrected chi connectivity index (χ1v) is 7.03. The minimum atomic E-state index is -0.587. The van der Waals surface area contributed by atoms with Gasteiger partial charge in [0.15, 0.2) is 5.78 Å². The van der Waals surface area contributed by atoms with Crippen molar-refractivity contribution in [2.75, 3.05) is 12.4 Å². The monoisotopic (exact) mass is 329 g/mol. The molecule has 0 aliphatic carbocycles. The van der Waals surface area contributed by atoms with Gasteiger partial charge in [-0.2, -0.15) is 0 Å². The molecule has 0 aliphatic heterocycles. The van der Waals surface area contributed by atoms with Crippen LogP contribution >= 0.6 is 0 Å². The molecule has 8 nitrogen and oxygen atoms in total. The molecule has 0 unspecified atom stereocenters. The summed E-state index contributed by atoms with van der Waals surface area (Å²) in [6.45, 7) is 2.96. The lowest BCUT2D eigenvalue weighted by atomic mass is 9.92. The molecule has 0 aliphatic rings. The van der Waals surface area contributed by atoms with E-state index in [2.05, 4.69) is 5.32 Å². The number of anilines is 1. The number of nitrogens with one attached hydrogen (secondary N) is 1. The summed E-state index contributed by atoms with van der Waals surface area (Å²) in [6.07, 6.45) is 0. The third-order valence-electron chi connectivity index (χ3n) is 3.66. The van der Waals surface area contributed by atoms with Crippen molar-refractivity contribution in [3.63, 3.8) is 0 Å². The number of ketones is 1. The molecule has 0 spiro atoms. The molecule has 0 radical (unpaired) electrons. The number of rotatable bonds is 5. The summed E-state index contributed by atoms with van der Waals surface area (Å²) in [5.74, 6) is -0.356. The molecule has 0 saturated carbocycles. The summed E-state index contributed by atoms with van der Waals surface area (Å²) < 4.78 is 0. The number of Topliss-reactive ketones (excluding diaryl/α,β-unsaturated/α-hetero) is 1. The largest absolute Gasteiger partial charge is 0.382 e. The number of carbonyl (C=O) groups is 1. The molecule has 0 heterocycles. The standard InChI is InChI=1S/C16H15N3O5/c1-9-7-13(10(2)20)14(16(19(23)24)15(9)17-3)11-5-4-6-12(8-11)18(21)22/h4-8,17H,1-3H3. The topological polar surface area (TPSA) is 115 Å². The average Bonchev–Trinajstić information content (AvgIpc) is 2.53. The Bertz CT molecular complexity index is 861. The van der Waals surface area contributed by atoms with Crippen LogP contribution in [0.4, 0.5) is 17.1 Å². The second-order valence-corrected chi connectivity index (χ2v) is 5.21. The van der Waals surface area contributed by atoms with E-state index in [1.54, 1.807) is 20.0 Å². The first kappa shape index (κ1) is 17.1. The number of nitro benzene ring substituents is 2. The normalized spacial score (nSPS) is 10.3. The Balaban J connectivity index is 2.94. The van der Waals surface area contributed by atoms with Crippen LogP contribution in [0.15, 0.2) is 30.3 Å². The smallest absolute Gasteiger partial charge is 0.301 e. The van der Waals surface area contributed by atoms with Crippen molar-refractivity contribution < 1.29 is 14.6 Å². The predicted octanol–water partition coefficient (Wildman–Crippen LogP) is 3.72. The lowest BCUT2D eigenvalue weighted by molar-refractivity contribution is -0.384. The van der Waals surface area contributed by atoms with E-state index < -0.39 is 9.85 Å². The van der Waals surface area contributed by atoms with Gasteiger partial charge in [0.25, 0.3) is 5.69 Å². The molecule has 124 valence electrons. The summed E-state index contributed by atoms with van der Waals surface area (Å²) >= 11 is 0. The molecule has 0 saturated heterocycles. The van der Waals surface area contributed by atoms with E-state index in [9.17, 15) is 25.0 Å². The fraction of sp³-hybridized carbons (Fsp3) is 0.188. The third-order valence-corrected chi connectivity index (χ3v) is 3.66. The highest BCUT2D eigenvalue weighted by atomic mass is 16.6. The van der Waals surface area contributed by atoms with Gasteiger partial charge in [0.2, 0.25) is 0 Å². The zero-order valence-electron chi connectivity index (χ0n) is 13.3. The number of benzene rings is 2. The zero-order chi connectivity index (χ0) is 18.0. The predicted molar refractivity (Wildman–Crippen MR) is 89.5 cm³/mol. The van der Waals surface area contributed by atoms with Crippen LogP contribution in [0.5, 0.6) is 0 Å². The fourth-order valence-corrected chi connectivity index (χ4v) is 2.64. The van der Waals surface area contributed by atoms with Gasteiger partial charge in [-0.25, -0.2) is 0 Å². The van der Waals surface area contributed by atoms with E-state index in [4.69, 9.17) is 0 Å². The lowest BCUT2D eigenvalue weighted by Crippen LogP contribution is -2.07. The summed E-state index contributed by atoms with van der Waals surface area (Å²) in [5, 5.41) is 25.4. The molecule has 2 aromatic rings. The van der Waals surface area contributed by atoms with Gasteiger partial charge >= 0.3 is 5.69 Å². The minimum Gasteiger partial charge on any atom is -0.382 e. The zero-order valence-corrected chi connectivity index (χ0v) is 13.3. The van der Waals surface area contributed by atoms with Gasteiger partial charge in [0.05, 0.1) is 15.4 Å². The summed E-state index contributed by atoms with van der Waals surface area (Å²) in [6, 6.07) is 7.01. The van der Waals surface area contributed by atoms with Crippen LogP contribution in [-0.4, -0.2) is 22.7 Å². The molecular formula is C16H15N3O5. The van der Waals surface area contributed by atoms with Crippen molar-refractivity contribution in [1.82, 2.24) is 0 Å². The summed E-state index contributed by atoms with van der Waals surface area (Å²) in [5.41, 5.74) is 0.809. The van der Waals surface area contributed by atoms with E-state index in [1.807, 2.05) is 0 Å². The molecular weight excluding hydrogens is 314 g/mol. The van der Waals surface area contributed by atoms with Gasteiger partial charge in [-0.3, -0.25) is 25.0 Å². The van der Waals surface area contributed by atoms with Crippen molar-refractivity contribution in [3.8, 4) is 11.1 Å². The van der Waals surface area contributed by atoms with E-state index in [-0.39, 0.29) is 39.5 Å². The van der Waals surface area contributed by atoms with E-state index >= 15 is 0 Å². The maximum absolute atomic E-state index is 12.0. The number of hydrogen-bond donors (Lipinski definition) is 1. The number of carbonyl (C=O) groups excluding carboxylic acids is 1. The Labute approximate surface area is 137 Å². The van der Waals surface area contributed by atoms with Crippen molar-refractivity contribution in [1.29, 1.82) is 0 Å². The van der Waals surface area contributed by atoms with Gasteiger partial charge < -0.3 is 5.32 Å². The van der Waals surface area contributed by atoms with Gasteiger partial charge in [-0.1, -0.05) is 12.1 Å². The Morgan fingerprint density at radius 3 is 2.29 bits per heavy atom. The van der Waals surface area contributed by atoms with Crippen molar-refractivity contribution in [2.45, 2.75) is 13.8 Å². The van der Waals surface area contributed by atoms with Crippen LogP contribution in [0.3, 0.4) is 0 Å². The van der Waals surface area contributed by atoms with E-state index in [0.717, 1.165) is 0 Å². The SMILES string of the molecule is CNc1c(C)cc(C(C)=O)c(-c2cccc([N+](=O)[O-])c2)c1[N+](=O)[O-]. The Morgan fingerprint density at radius 1 is 1.12 bits per heavy atom. The van der Waals surface area contributed by atoms with Crippen LogP contribution in [0, 0.1) is 27.2 Å². The van der Waals surface area contributed by atoms with Crippen LogP contribution < -0.4 is 5.32 Å². The number of non-ortho nitro benzene ring substituents is 1. The van der Waals surface area contributed by atoms with Gasteiger partial charge in [-0.05, 0) is 31.0 Å². The molecule has 1 N–H and O–H groups in total. The second kappa shape index (κ2) is 6.45. The lowest BCUT2D eigenvalue weighted by Gasteiger charge is -2.14. The van der Waals surface area contributed by atoms with Crippen LogP contribution in [0.2, 0.25) is 0 Å². The quantitative estimate of drug-likeness (QED) is 0.507. The molecule has 0 fully saturated rings. The van der Waals surface area contributed by atoms with Crippen LogP contribution in [0.1, 0.15) is 22.8 Å². The molecule has 0 bridgehead atoms.